The van der Waals surface area contributed by atoms with Crippen molar-refractivity contribution in [2.75, 3.05) is 32.9 Å². The number of morpholine rings is 1. The first-order valence-corrected chi connectivity index (χ1v) is 9.75. The molecule has 148 valence electrons. The second kappa shape index (κ2) is 10.6. The van der Waals surface area contributed by atoms with E-state index >= 15 is 0 Å². The second-order valence-corrected chi connectivity index (χ2v) is 7.57. The molecule has 0 aromatic rings. The number of aliphatic hydroxyl groups excluding tert-OH is 1. The lowest BCUT2D eigenvalue weighted by atomic mass is 9.89. The fourth-order valence-corrected chi connectivity index (χ4v) is 3.91. The maximum Gasteiger partial charge on any atom is 0.223 e. The Morgan fingerprint density at radius 2 is 1.81 bits per heavy atom. The molecule has 0 bridgehead atoms. The van der Waals surface area contributed by atoms with E-state index < -0.39 is 12.0 Å². The number of amides is 2. The Morgan fingerprint density at radius 3 is 2.38 bits per heavy atom. The van der Waals surface area contributed by atoms with Gasteiger partial charge in [-0.1, -0.05) is 25.7 Å². The molecule has 2 fully saturated rings. The Labute approximate surface area is 155 Å². The predicted octanol–water partition coefficient (Wildman–Crippen LogP) is 0.888. The molecule has 2 rings (SSSR count). The normalized spacial score (nSPS) is 20.6. The molecule has 0 unspecified atom stereocenters. The highest BCUT2D eigenvalue weighted by Crippen LogP contribution is 2.31. The summed E-state index contributed by atoms with van der Waals surface area (Å²) in [5.41, 5.74) is 0. The van der Waals surface area contributed by atoms with Crippen molar-refractivity contribution in [2.45, 2.75) is 57.9 Å². The lowest BCUT2D eigenvalue weighted by Crippen LogP contribution is -2.45. The summed E-state index contributed by atoms with van der Waals surface area (Å²) in [6, 6.07) is -0.579. The van der Waals surface area contributed by atoms with Gasteiger partial charge in [0.25, 0.3) is 0 Å². The van der Waals surface area contributed by atoms with E-state index in [1.165, 1.54) is 19.8 Å². The van der Waals surface area contributed by atoms with Crippen LogP contribution in [-0.2, 0) is 19.1 Å². The zero-order valence-electron chi connectivity index (χ0n) is 15.7. The Balaban J connectivity index is 1.97. The molecule has 1 saturated heterocycles. The second-order valence-electron chi connectivity index (χ2n) is 7.57. The Hall–Kier alpha value is -1.47. The lowest BCUT2D eigenvalue weighted by Gasteiger charge is -2.29. The monoisotopic (exact) mass is 368 g/mol. The van der Waals surface area contributed by atoms with E-state index in [9.17, 15) is 19.5 Å². The van der Waals surface area contributed by atoms with E-state index in [1.54, 1.807) is 4.90 Å². The maximum atomic E-state index is 12.8. The zero-order valence-corrected chi connectivity index (χ0v) is 15.7. The fourth-order valence-electron chi connectivity index (χ4n) is 3.91. The maximum absolute atomic E-state index is 12.8. The van der Waals surface area contributed by atoms with Crippen LogP contribution < -0.4 is 5.32 Å². The largest absolute Gasteiger partial charge is 0.394 e. The van der Waals surface area contributed by atoms with Crippen molar-refractivity contribution in [1.82, 2.24) is 10.2 Å². The number of rotatable bonds is 9. The van der Waals surface area contributed by atoms with Gasteiger partial charge in [-0.25, -0.2) is 0 Å². The van der Waals surface area contributed by atoms with E-state index in [0.717, 1.165) is 12.8 Å². The van der Waals surface area contributed by atoms with Crippen LogP contribution in [0.5, 0.6) is 0 Å². The molecular weight excluding hydrogens is 336 g/mol. The molecule has 26 heavy (non-hydrogen) atoms. The number of ether oxygens (including phenoxy) is 1. The van der Waals surface area contributed by atoms with Crippen LogP contribution in [0.4, 0.5) is 0 Å². The van der Waals surface area contributed by atoms with E-state index in [4.69, 9.17) is 4.74 Å². The van der Waals surface area contributed by atoms with Gasteiger partial charge in [-0.15, -0.1) is 0 Å². The van der Waals surface area contributed by atoms with Crippen molar-refractivity contribution >= 4 is 17.6 Å². The predicted molar refractivity (Wildman–Crippen MR) is 96.4 cm³/mol. The number of ketones is 1. The van der Waals surface area contributed by atoms with Crippen LogP contribution in [0.2, 0.25) is 0 Å². The van der Waals surface area contributed by atoms with E-state index in [0.29, 0.717) is 38.6 Å². The van der Waals surface area contributed by atoms with Gasteiger partial charge in [-0.2, -0.15) is 0 Å². The minimum atomic E-state index is -0.579. The summed E-state index contributed by atoms with van der Waals surface area (Å²) in [4.78, 5) is 38.4. The van der Waals surface area contributed by atoms with Crippen LogP contribution in [0.1, 0.15) is 51.9 Å². The third-order valence-electron chi connectivity index (χ3n) is 5.35. The first-order valence-electron chi connectivity index (χ1n) is 9.75. The molecule has 2 aliphatic rings. The van der Waals surface area contributed by atoms with Crippen molar-refractivity contribution in [3.63, 3.8) is 0 Å². The van der Waals surface area contributed by atoms with E-state index in [1.807, 2.05) is 0 Å². The molecule has 2 atom stereocenters. The topological polar surface area (TPSA) is 95.9 Å². The van der Waals surface area contributed by atoms with Crippen molar-refractivity contribution in [1.29, 1.82) is 0 Å². The molecule has 1 heterocycles. The molecule has 1 aliphatic heterocycles. The van der Waals surface area contributed by atoms with Gasteiger partial charge in [0.05, 0.1) is 25.9 Å². The van der Waals surface area contributed by atoms with Gasteiger partial charge < -0.3 is 20.1 Å². The molecule has 0 spiro atoms. The van der Waals surface area contributed by atoms with Crippen molar-refractivity contribution < 1.29 is 24.2 Å². The molecule has 0 aromatic carbocycles. The van der Waals surface area contributed by atoms with Crippen LogP contribution in [0.15, 0.2) is 0 Å². The van der Waals surface area contributed by atoms with Gasteiger partial charge in [-0.3, -0.25) is 14.4 Å². The number of carbonyl (C=O) groups is 3. The summed E-state index contributed by atoms with van der Waals surface area (Å²) in [7, 11) is 0. The lowest BCUT2D eigenvalue weighted by molar-refractivity contribution is -0.140. The molecule has 0 aromatic heterocycles. The third-order valence-corrected chi connectivity index (χ3v) is 5.35. The summed E-state index contributed by atoms with van der Waals surface area (Å²) in [6.45, 7) is 3.37. The molecule has 2 N–H and O–H groups in total. The quantitative estimate of drug-likeness (QED) is 0.630. The molecule has 0 radical (unpaired) electrons. The molecule has 2 amide bonds. The van der Waals surface area contributed by atoms with E-state index in [2.05, 4.69) is 5.32 Å². The van der Waals surface area contributed by atoms with Gasteiger partial charge in [0.1, 0.15) is 5.78 Å². The average molecular weight is 368 g/mol. The smallest absolute Gasteiger partial charge is 0.223 e. The van der Waals surface area contributed by atoms with Crippen LogP contribution in [0, 0.1) is 11.8 Å². The van der Waals surface area contributed by atoms with Gasteiger partial charge in [0, 0.05) is 31.8 Å². The van der Waals surface area contributed by atoms with Crippen molar-refractivity contribution in [3.8, 4) is 0 Å². The van der Waals surface area contributed by atoms with Crippen LogP contribution in [0.25, 0.3) is 0 Å². The zero-order chi connectivity index (χ0) is 18.9. The number of Topliss-reactive ketones (excluding diaryl/α,β-unsaturated/α-hetero) is 1. The van der Waals surface area contributed by atoms with E-state index in [-0.39, 0.29) is 37.0 Å². The van der Waals surface area contributed by atoms with Gasteiger partial charge >= 0.3 is 0 Å². The minimum Gasteiger partial charge on any atom is -0.394 e. The molecule has 1 saturated carbocycles. The number of aliphatic hydroxyl groups is 1. The average Bonchev–Trinajstić information content (AvgIpc) is 3.13. The standard InChI is InChI=1S/C19H32N2O5/c1-14(23)10-17(13-22)20-19(25)16(11-15-4-2-3-5-15)12-18(24)21-6-8-26-9-7-21/h15-17,22H,2-13H2,1H3,(H,20,25)/t16-,17+/m1/s1. The summed E-state index contributed by atoms with van der Waals surface area (Å²) >= 11 is 0. The third kappa shape index (κ3) is 6.68. The molecular formula is C19H32N2O5. The first-order chi connectivity index (χ1) is 12.5. The highest BCUT2D eigenvalue weighted by Gasteiger charge is 2.30. The van der Waals surface area contributed by atoms with Crippen LogP contribution >= 0.6 is 0 Å². The number of hydrogen-bond donors (Lipinski definition) is 2. The number of nitrogens with zero attached hydrogens (tertiary/aromatic N) is 1. The van der Waals surface area contributed by atoms with Crippen molar-refractivity contribution in [3.05, 3.63) is 0 Å². The molecule has 7 nitrogen and oxygen atoms in total. The minimum absolute atomic E-state index is 0.0152. The summed E-state index contributed by atoms with van der Waals surface area (Å²) < 4.78 is 5.28. The summed E-state index contributed by atoms with van der Waals surface area (Å²) in [6.07, 6.45) is 5.55. The number of carbonyl (C=O) groups excluding carboxylic acids is 3. The highest BCUT2D eigenvalue weighted by atomic mass is 16.5. The molecule has 7 heteroatoms. The summed E-state index contributed by atoms with van der Waals surface area (Å²) in [5.74, 6) is -0.253. The number of hydrogen-bond acceptors (Lipinski definition) is 5. The van der Waals surface area contributed by atoms with Gasteiger partial charge in [0.2, 0.25) is 11.8 Å². The Morgan fingerprint density at radius 1 is 1.15 bits per heavy atom. The summed E-state index contributed by atoms with van der Waals surface area (Å²) in [5, 5.41) is 12.2. The van der Waals surface area contributed by atoms with Crippen LogP contribution in [0.3, 0.4) is 0 Å². The van der Waals surface area contributed by atoms with Gasteiger partial charge in [0.15, 0.2) is 0 Å². The Bertz CT molecular complexity index is 484. The Kier molecular flexibility index (Phi) is 8.51. The van der Waals surface area contributed by atoms with Crippen LogP contribution in [-0.4, -0.2) is 66.6 Å². The number of nitrogens with one attached hydrogen (secondary N) is 1. The first kappa shape index (κ1) is 20.8. The van der Waals surface area contributed by atoms with Crippen molar-refractivity contribution in [2.24, 2.45) is 11.8 Å². The molecule has 1 aliphatic carbocycles. The fraction of sp³-hybridized carbons (Fsp3) is 0.842. The SMILES string of the molecule is CC(=O)C[C@@H](CO)NC(=O)[C@@H](CC(=O)N1CCOCC1)CC1CCCC1. The van der Waals surface area contributed by atoms with Gasteiger partial charge in [-0.05, 0) is 19.3 Å². The highest BCUT2D eigenvalue weighted by molar-refractivity contribution is 5.86.